The molecule has 3 aromatic heterocycles. The molecule has 0 radical (unpaired) electrons. The maximum Gasteiger partial charge on any atom is 0.319 e. The Morgan fingerprint density at radius 3 is 2.90 bits per heavy atom. The molecule has 158 valence electrons. The first-order valence-electron chi connectivity index (χ1n) is 10.1. The number of carbonyl (C=O) groups is 1. The lowest BCUT2D eigenvalue weighted by molar-refractivity contribution is 0.0955. The van der Waals surface area contributed by atoms with Crippen LogP contribution >= 0.6 is 0 Å². The van der Waals surface area contributed by atoms with Gasteiger partial charge in [0.05, 0.1) is 6.61 Å². The van der Waals surface area contributed by atoms with Gasteiger partial charge in [0.25, 0.3) is 5.91 Å². The standard InChI is InChI=1S/C21H26N6O3/c1-22-20(28)17-12-18(26-21(25-17)30-11-10-29-2)27-8-5-14(6-9-27)16-13-24-19-15(16)4-3-7-23-19/h3-4,7,12-14H,5-6,8-11H2,1-2H3,(H,22,28)(H,23,24). The third kappa shape index (κ3) is 4.20. The summed E-state index contributed by atoms with van der Waals surface area (Å²) in [5, 5.41) is 3.80. The predicted octanol–water partition coefficient (Wildman–Crippen LogP) is 2.12. The third-order valence-corrected chi connectivity index (χ3v) is 5.41. The molecule has 1 aliphatic heterocycles. The number of carbonyl (C=O) groups excluding carboxylic acids is 1. The molecule has 0 spiro atoms. The van der Waals surface area contributed by atoms with E-state index in [1.165, 1.54) is 10.9 Å². The molecular formula is C21H26N6O3. The Hall–Kier alpha value is -3.20. The Balaban J connectivity index is 1.50. The van der Waals surface area contributed by atoms with Gasteiger partial charge in [0, 0.05) is 51.1 Å². The van der Waals surface area contributed by atoms with Crippen LogP contribution in [0.25, 0.3) is 11.0 Å². The molecular weight excluding hydrogens is 384 g/mol. The fourth-order valence-corrected chi connectivity index (χ4v) is 3.83. The molecule has 0 aliphatic carbocycles. The highest BCUT2D eigenvalue weighted by atomic mass is 16.5. The number of H-pyrrole nitrogens is 1. The SMILES string of the molecule is CNC(=O)c1cc(N2CCC(c3c[nH]c4ncccc34)CC2)nc(OCCOC)n1. The number of anilines is 1. The van der Waals surface area contributed by atoms with Gasteiger partial charge in [0.15, 0.2) is 0 Å². The van der Waals surface area contributed by atoms with Crippen LogP contribution in [-0.4, -0.2) is 66.3 Å². The number of aromatic amines is 1. The number of methoxy groups -OCH3 is 1. The van der Waals surface area contributed by atoms with Crippen molar-refractivity contribution in [3.63, 3.8) is 0 Å². The van der Waals surface area contributed by atoms with E-state index in [1.807, 2.05) is 6.07 Å². The van der Waals surface area contributed by atoms with Crippen LogP contribution in [0.3, 0.4) is 0 Å². The fourth-order valence-electron chi connectivity index (χ4n) is 3.83. The summed E-state index contributed by atoms with van der Waals surface area (Å²) in [6.07, 6.45) is 5.85. The number of ether oxygens (including phenoxy) is 2. The minimum absolute atomic E-state index is 0.188. The Kier molecular flexibility index (Phi) is 6.08. The van der Waals surface area contributed by atoms with Crippen molar-refractivity contribution in [2.45, 2.75) is 18.8 Å². The zero-order chi connectivity index (χ0) is 20.9. The average molecular weight is 410 g/mol. The molecule has 0 unspecified atom stereocenters. The Bertz CT molecular complexity index is 1010. The Morgan fingerprint density at radius 2 is 2.13 bits per heavy atom. The second-order valence-electron chi connectivity index (χ2n) is 7.22. The number of amides is 1. The van der Waals surface area contributed by atoms with Crippen molar-refractivity contribution in [2.24, 2.45) is 0 Å². The Labute approximate surface area is 174 Å². The van der Waals surface area contributed by atoms with Crippen LogP contribution < -0.4 is 15.0 Å². The van der Waals surface area contributed by atoms with Crippen molar-refractivity contribution in [2.75, 3.05) is 45.4 Å². The first-order chi connectivity index (χ1) is 14.7. The number of hydrogen-bond acceptors (Lipinski definition) is 7. The summed E-state index contributed by atoms with van der Waals surface area (Å²) in [6, 6.07) is 6.00. The van der Waals surface area contributed by atoms with Gasteiger partial charge in [-0.1, -0.05) is 0 Å². The summed E-state index contributed by atoms with van der Waals surface area (Å²) in [7, 11) is 3.18. The van der Waals surface area contributed by atoms with Crippen LogP contribution in [0.5, 0.6) is 6.01 Å². The van der Waals surface area contributed by atoms with Crippen molar-refractivity contribution in [3.05, 3.63) is 41.9 Å². The number of piperidine rings is 1. The maximum absolute atomic E-state index is 12.2. The van der Waals surface area contributed by atoms with Crippen molar-refractivity contribution in [1.29, 1.82) is 0 Å². The molecule has 0 bridgehead atoms. The van der Waals surface area contributed by atoms with E-state index in [2.05, 4.69) is 42.4 Å². The molecule has 30 heavy (non-hydrogen) atoms. The third-order valence-electron chi connectivity index (χ3n) is 5.41. The van der Waals surface area contributed by atoms with Gasteiger partial charge in [-0.25, -0.2) is 4.98 Å². The first kappa shape index (κ1) is 20.1. The van der Waals surface area contributed by atoms with Crippen LogP contribution in [0.15, 0.2) is 30.6 Å². The fraction of sp³-hybridized carbons (Fsp3) is 0.429. The van der Waals surface area contributed by atoms with Gasteiger partial charge in [0.2, 0.25) is 0 Å². The minimum Gasteiger partial charge on any atom is -0.461 e. The molecule has 0 saturated carbocycles. The van der Waals surface area contributed by atoms with E-state index < -0.39 is 0 Å². The number of pyridine rings is 1. The van der Waals surface area contributed by atoms with Crippen molar-refractivity contribution < 1.29 is 14.3 Å². The van der Waals surface area contributed by atoms with Gasteiger partial charge in [-0.15, -0.1) is 0 Å². The monoisotopic (exact) mass is 410 g/mol. The van der Waals surface area contributed by atoms with Gasteiger partial charge in [-0.2, -0.15) is 9.97 Å². The smallest absolute Gasteiger partial charge is 0.319 e. The number of nitrogens with zero attached hydrogens (tertiary/aromatic N) is 4. The van der Waals surface area contributed by atoms with Crippen LogP contribution in [0, 0.1) is 0 Å². The van der Waals surface area contributed by atoms with Crippen LogP contribution in [0.1, 0.15) is 34.8 Å². The lowest BCUT2D eigenvalue weighted by atomic mass is 9.89. The number of rotatable bonds is 7. The molecule has 1 saturated heterocycles. The van der Waals surface area contributed by atoms with E-state index in [0.29, 0.717) is 30.6 Å². The highest BCUT2D eigenvalue weighted by Crippen LogP contribution is 2.34. The minimum atomic E-state index is -0.267. The van der Waals surface area contributed by atoms with Crippen LogP contribution in [0.4, 0.5) is 5.82 Å². The maximum atomic E-state index is 12.2. The Morgan fingerprint density at radius 1 is 1.30 bits per heavy atom. The second kappa shape index (κ2) is 9.08. The zero-order valence-electron chi connectivity index (χ0n) is 17.2. The summed E-state index contributed by atoms with van der Waals surface area (Å²) in [6.45, 7) is 2.41. The first-order valence-corrected chi connectivity index (χ1v) is 10.1. The number of nitrogens with one attached hydrogen (secondary N) is 2. The molecule has 9 nitrogen and oxygen atoms in total. The molecule has 1 fully saturated rings. The topological polar surface area (TPSA) is 105 Å². The molecule has 0 atom stereocenters. The summed E-state index contributed by atoms with van der Waals surface area (Å²) in [5.74, 6) is 0.892. The summed E-state index contributed by atoms with van der Waals surface area (Å²) >= 11 is 0. The van der Waals surface area contributed by atoms with E-state index in [9.17, 15) is 4.79 Å². The van der Waals surface area contributed by atoms with Crippen molar-refractivity contribution >= 4 is 22.8 Å². The van der Waals surface area contributed by atoms with Gasteiger partial charge in [-0.05, 0) is 36.5 Å². The van der Waals surface area contributed by atoms with E-state index in [4.69, 9.17) is 9.47 Å². The van der Waals surface area contributed by atoms with Gasteiger partial charge in [0.1, 0.15) is 23.8 Å². The molecule has 9 heteroatoms. The van der Waals surface area contributed by atoms with Gasteiger partial charge in [-0.3, -0.25) is 4.79 Å². The molecule has 1 amide bonds. The average Bonchev–Trinajstić information content (AvgIpc) is 3.23. The van der Waals surface area contributed by atoms with E-state index >= 15 is 0 Å². The van der Waals surface area contributed by atoms with Crippen molar-refractivity contribution in [3.8, 4) is 6.01 Å². The molecule has 4 rings (SSSR count). The quantitative estimate of drug-likeness (QED) is 0.575. The van der Waals surface area contributed by atoms with E-state index in [1.54, 1.807) is 26.4 Å². The van der Waals surface area contributed by atoms with Gasteiger partial charge >= 0.3 is 6.01 Å². The molecule has 3 aromatic rings. The van der Waals surface area contributed by atoms with Gasteiger partial charge < -0.3 is 24.7 Å². The molecule has 1 aliphatic rings. The normalized spacial score (nSPS) is 14.8. The lowest BCUT2D eigenvalue weighted by Crippen LogP contribution is -2.34. The number of aromatic nitrogens is 4. The summed E-state index contributed by atoms with van der Waals surface area (Å²) < 4.78 is 10.6. The highest BCUT2D eigenvalue weighted by Gasteiger charge is 2.25. The largest absolute Gasteiger partial charge is 0.461 e. The number of fused-ring (bicyclic) bond motifs is 1. The van der Waals surface area contributed by atoms with E-state index in [0.717, 1.165) is 31.6 Å². The molecule has 0 aromatic carbocycles. The predicted molar refractivity (Wildman–Crippen MR) is 113 cm³/mol. The lowest BCUT2D eigenvalue weighted by Gasteiger charge is -2.33. The van der Waals surface area contributed by atoms with Crippen molar-refractivity contribution in [1.82, 2.24) is 25.3 Å². The number of hydrogen-bond donors (Lipinski definition) is 2. The van der Waals surface area contributed by atoms with E-state index in [-0.39, 0.29) is 11.9 Å². The summed E-state index contributed by atoms with van der Waals surface area (Å²) in [5.41, 5.74) is 2.54. The molecule has 2 N–H and O–H groups in total. The van der Waals surface area contributed by atoms with Crippen LogP contribution in [-0.2, 0) is 4.74 Å². The van der Waals surface area contributed by atoms with Crippen LogP contribution in [0.2, 0.25) is 0 Å². The zero-order valence-corrected chi connectivity index (χ0v) is 17.2. The highest BCUT2D eigenvalue weighted by molar-refractivity contribution is 5.92. The second-order valence-corrected chi connectivity index (χ2v) is 7.22. The summed E-state index contributed by atoms with van der Waals surface area (Å²) in [4.78, 5) is 30.7. The molecule has 4 heterocycles.